The number of nitrogens with zero attached hydrogens (tertiary/aromatic N) is 3. The van der Waals surface area contributed by atoms with Crippen LogP contribution in [-0.4, -0.2) is 28.1 Å². The number of carboxylic acid groups (broad SMARTS) is 1. The van der Waals surface area contributed by atoms with E-state index < -0.39 is 5.97 Å². The lowest BCUT2D eigenvalue weighted by Gasteiger charge is -2.17. The van der Waals surface area contributed by atoms with Crippen molar-refractivity contribution in [1.29, 1.82) is 0 Å². The van der Waals surface area contributed by atoms with Crippen LogP contribution >= 0.6 is 0 Å². The molecule has 1 aromatic carbocycles. The number of benzene rings is 1. The molecule has 102 valence electrons. The van der Waals surface area contributed by atoms with Crippen LogP contribution in [0.3, 0.4) is 0 Å². The standard InChI is InChI=1S/C15H15N3O2/c1-11-3-6-13(7-4-11)18(2)15-16-9-12(10-17-15)5-8-14(19)20/h3-10H,1-2H3,(H,19,20)/b8-5+. The highest BCUT2D eigenvalue weighted by atomic mass is 16.4. The van der Waals surface area contributed by atoms with Gasteiger partial charge in [0.1, 0.15) is 0 Å². The lowest BCUT2D eigenvalue weighted by molar-refractivity contribution is -0.131. The average molecular weight is 269 g/mol. The van der Waals surface area contributed by atoms with Crippen molar-refractivity contribution >= 4 is 23.7 Å². The third-order valence-corrected chi connectivity index (χ3v) is 2.80. The van der Waals surface area contributed by atoms with Crippen molar-refractivity contribution in [2.24, 2.45) is 0 Å². The number of aryl methyl sites for hydroxylation is 1. The Kier molecular flexibility index (Phi) is 4.10. The van der Waals surface area contributed by atoms with Gasteiger partial charge >= 0.3 is 5.97 Å². The Labute approximate surface area is 117 Å². The molecule has 0 aliphatic rings. The Hall–Kier alpha value is -2.69. The molecule has 2 aromatic rings. The van der Waals surface area contributed by atoms with Crippen LogP contribution in [0.2, 0.25) is 0 Å². The van der Waals surface area contributed by atoms with Gasteiger partial charge in [-0.15, -0.1) is 0 Å². The van der Waals surface area contributed by atoms with E-state index in [0.717, 1.165) is 11.8 Å². The van der Waals surface area contributed by atoms with E-state index in [1.165, 1.54) is 11.6 Å². The van der Waals surface area contributed by atoms with Crippen molar-refractivity contribution in [2.75, 3.05) is 11.9 Å². The van der Waals surface area contributed by atoms with Crippen molar-refractivity contribution in [2.45, 2.75) is 6.92 Å². The van der Waals surface area contributed by atoms with E-state index in [1.54, 1.807) is 12.4 Å². The maximum atomic E-state index is 10.4. The largest absolute Gasteiger partial charge is 0.478 e. The van der Waals surface area contributed by atoms with Crippen LogP contribution < -0.4 is 4.90 Å². The van der Waals surface area contributed by atoms with Gasteiger partial charge < -0.3 is 10.0 Å². The number of carbonyl (C=O) groups is 1. The zero-order valence-corrected chi connectivity index (χ0v) is 11.3. The molecule has 0 bridgehead atoms. The molecule has 0 aliphatic heterocycles. The molecule has 0 aliphatic carbocycles. The Balaban J connectivity index is 2.17. The molecule has 0 saturated carbocycles. The quantitative estimate of drug-likeness (QED) is 0.864. The number of hydrogen-bond acceptors (Lipinski definition) is 4. The van der Waals surface area contributed by atoms with Crippen LogP contribution in [0.4, 0.5) is 11.6 Å². The van der Waals surface area contributed by atoms with Gasteiger partial charge in [-0.2, -0.15) is 0 Å². The Morgan fingerprint density at radius 2 is 1.80 bits per heavy atom. The number of aromatic nitrogens is 2. The molecule has 0 atom stereocenters. The van der Waals surface area contributed by atoms with Gasteiger partial charge in [-0.3, -0.25) is 0 Å². The Morgan fingerprint density at radius 1 is 1.20 bits per heavy atom. The Bertz CT molecular complexity index is 619. The Morgan fingerprint density at radius 3 is 2.35 bits per heavy atom. The lowest BCUT2D eigenvalue weighted by atomic mass is 10.2. The molecule has 1 heterocycles. The molecular formula is C15H15N3O2. The van der Waals surface area contributed by atoms with Gasteiger partial charge in [0.2, 0.25) is 5.95 Å². The molecule has 0 saturated heterocycles. The fourth-order valence-corrected chi connectivity index (χ4v) is 1.64. The summed E-state index contributed by atoms with van der Waals surface area (Å²) in [4.78, 5) is 20.7. The molecule has 0 radical (unpaired) electrons. The zero-order valence-electron chi connectivity index (χ0n) is 11.3. The second-order valence-electron chi connectivity index (χ2n) is 4.38. The molecule has 0 unspecified atom stereocenters. The van der Waals surface area contributed by atoms with Crippen LogP contribution in [0.5, 0.6) is 0 Å². The van der Waals surface area contributed by atoms with E-state index in [-0.39, 0.29) is 0 Å². The number of hydrogen-bond donors (Lipinski definition) is 1. The molecule has 5 nitrogen and oxygen atoms in total. The number of anilines is 2. The number of carboxylic acids is 1. The minimum absolute atomic E-state index is 0.557. The van der Waals surface area contributed by atoms with Gasteiger partial charge in [-0.25, -0.2) is 14.8 Å². The molecule has 1 aromatic heterocycles. The predicted molar refractivity (Wildman–Crippen MR) is 77.9 cm³/mol. The first-order chi connectivity index (χ1) is 9.56. The fraction of sp³-hybridized carbons (Fsp3) is 0.133. The summed E-state index contributed by atoms with van der Waals surface area (Å²) in [7, 11) is 1.88. The van der Waals surface area contributed by atoms with Crippen LogP contribution in [-0.2, 0) is 4.79 Å². The van der Waals surface area contributed by atoms with Crippen LogP contribution in [0.15, 0.2) is 42.7 Å². The highest BCUT2D eigenvalue weighted by molar-refractivity contribution is 5.85. The summed E-state index contributed by atoms with van der Waals surface area (Å²) < 4.78 is 0. The maximum absolute atomic E-state index is 10.4. The van der Waals surface area contributed by atoms with Crippen LogP contribution in [0.25, 0.3) is 6.08 Å². The van der Waals surface area contributed by atoms with Crippen molar-refractivity contribution in [1.82, 2.24) is 9.97 Å². The van der Waals surface area contributed by atoms with E-state index in [2.05, 4.69) is 9.97 Å². The summed E-state index contributed by atoms with van der Waals surface area (Å²) >= 11 is 0. The van der Waals surface area contributed by atoms with Gasteiger partial charge in [0.15, 0.2) is 0 Å². The van der Waals surface area contributed by atoms with E-state index in [1.807, 2.05) is 43.1 Å². The zero-order chi connectivity index (χ0) is 14.5. The lowest BCUT2D eigenvalue weighted by Crippen LogP contribution is -2.12. The molecule has 1 N–H and O–H groups in total. The van der Waals surface area contributed by atoms with Gasteiger partial charge in [-0.05, 0) is 25.1 Å². The summed E-state index contributed by atoms with van der Waals surface area (Å²) in [6.07, 6.45) is 5.69. The van der Waals surface area contributed by atoms with Crippen molar-refractivity contribution in [3.05, 3.63) is 53.9 Å². The number of aliphatic carboxylic acids is 1. The highest BCUT2D eigenvalue weighted by Gasteiger charge is 2.06. The van der Waals surface area contributed by atoms with Crippen LogP contribution in [0.1, 0.15) is 11.1 Å². The predicted octanol–water partition coefficient (Wildman–Crippen LogP) is 2.65. The fourth-order valence-electron chi connectivity index (χ4n) is 1.64. The summed E-state index contributed by atoms with van der Waals surface area (Å²) in [5, 5.41) is 8.55. The van der Waals surface area contributed by atoms with Crippen molar-refractivity contribution < 1.29 is 9.90 Å². The molecular weight excluding hydrogens is 254 g/mol. The van der Waals surface area contributed by atoms with E-state index >= 15 is 0 Å². The third-order valence-electron chi connectivity index (χ3n) is 2.80. The van der Waals surface area contributed by atoms with Gasteiger partial charge in [0.05, 0.1) is 0 Å². The van der Waals surface area contributed by atoms with E-state index in [9.17, 15) is 4.79 Å². The maximum Gasteiger partial charge on any atom is 0.328 e. The minimum Gasteiger partial charge on any atom is -0.478 e. The molecule has 20 heavy (non-hydrogen) atoms. The minimum atomic E-state index is -0.995. The van der Waals surface area contributed by atoms with Gasteiger partial charge in [0, 0.05) is 36.8 Å². The average Bonchev–Trinajstić information content (AvgIpc) is 2.46. The smallest absolute Gasteiger partial charge is 0.328 e. The molecule has 0 spiro atoms. The SMILES string of the molecule is Cc1ccc(N(C)c2ncc(/C=C/C(=O)O)cn2)cc1. The normalized spacial score (nSPS) is 10.7. The molecule has 0 fully saturated rings. The van der Waals surface area contributed by atoms with E-state index in [4.69, 9.17) is 5.11 Å². The first-order valence-corrected chi connectivity index (χ1v) is 6.10. The summed E-state index contributed by atoms with van der Waals surface area (Å²) in [6.45, 7) is 2.03. The first-order valence-electron chi connectivity index (χ1n) is 6.10. The van der Waals surface area contributed by atoms with Crippen LogP contribution in [0, 0.1) is 6.92 Å². The number of rotatable bonds is 4. The topological polar surface area (TPSA) is 66.3 Å². The molecule has 2 rings (SSSR count). The first kappa shape index (κ1) is 13.7. The summed E-state index contributed by atoms with van der Waals surface area (Å²) in [5.41, 5.74) is 2.83. The third kappa shape index (κ3) is 3.41. The monoisotopic (exact) mass is 269 g/mol. The molecule has 5 heteroatoms. The van der Waals surface area contributed by atoms with Gasteiger partial charge in [-0.1, -0.05) is 17.7 Å². The van der Waals surface area contributed by atoms with Crippen molar-refractivity contribution in [3.8, 4) is 0 Å². The second-order valence-corrected chi connectivity index (χ2v) is 4.38. The molecule has 0 amide bonds. The van der Waals surface area contributed by atoms with Gasteiger partial charge in [0.25, 0.3) is 0 Å². The van der Waals surface area contributed by atoms with E-state index in [0.29, 0.717) is 11.5 Å². The summed E-state index contributed by atoms with van der Waals surface area (Å²) in [5.74, 6) is -0.438. The second kappa shape index (κ2) is 5.97. The summed E-state index contributed by atoms with van der Waals surface area (Å²) in [6, 6.07) is 8.04. The highest BCUT2D eigenvalue weighted by Crippen LogP contribution is 2.20. The van der Waals surface area contributed by atoms with Crippen molar-refractivity contribution in [3.63, 3.8) is 0 Å².